The molecule has 0 unspecified atom stereocenters. The Labute approximate surface area is 133 Å². The topological polar surface area (TPSA) is 65.8 Å². The van der Waals surface area contributed by atoms with Crippen LogP contribution in [0.4, 0.5) is 0 Å². The Kier molecular flexibility index (Phi) is 4.73. The van der Waals surface area contributed by atoms with Gasteiger partial charge in [0, 0.05) is 37.2 Å². The second-order valence-electron chi connectivity index (χ2n) is 5.09. The molecule has 0 spiro atoms. The van der Waals surface area contributed by atoms with E-state index in [0.717, 1.165) is 0 Å². The van der Waals surface area contributed by atoms with Gasteiger partial charge in [-0.1, -0.05) is 17.7 Å². The van der Waals surface area contributed by atoms with Crippen LogP contribution in [-0.2, 0) is 11.3 Å². The number of hydrazine groups is 1. The number of benzene rings is 1. The first-order valence-electron chi connectivity index (χ1n) is 6.84. The lowest BCUT2D eigenvalue weighted by atomic mass is 10.2. The molecule has 2 aromatic rings. The fourth-order valence-electron chi connectivity index (χ4n) is 2.48. The van der Waals surface area contributed by atoms with Crippen molar-refractivity contribution in [3.05, 3.63) is 35.0 Å². The first-order valence-corrected chi connectivity index (χ1v) is 7.22. The summed E-state index contributed by atoms with van der Waals surface area (Å²) >= 11 is 5.99. The van der Waals surface area contributed by atoms with E-state index in [2.05, 4.69) is 0 Å². The number of aromatic carboxylic acids is 1. The van der Waals surface area contributed by atoms with Crippen LogP contribution in [0.2, 0.25) is 5.02 Å². The third kappa shape index (κ3) is 3.08. The summed E-state index contributed by atoms with van der Waals surface area (Å²) in [6.45, 7) is 2.47. The van der Waals surface area contributed by atoms with Crippen molar-refractivity contribution < 1.29 is 14.7 Å². The first-order chi connectivity index (χ1) is 10.3. The second kappa shape index (κ2) is 6.37. The minimum Gasteiger partial charge on any atom is -0.478 e. The number of carbonyl (C=O) groups is 2. The third-order valence-corrected chi connectivity index (χ3v) is 3.69. The Balaban J connectivity index is 2.45. The van der Waals surface area contributed by atoms with Crippen LogP contribution >= 0.6 is 11.6 Å². The van der Waals surface area contributed by atoms with E-state index >= 15 is 0 Å². The van der Waals surface area contributed by atoms with Crippen LogP contribution in [0, 0.1) is 0 Å². The highest BCUT2D eigenvalue weighted by Gasteiger charge is 2.19. The lowest BCUT2D eigenvalue weighted by Gasteiger charge is -2.27. The summed E-state index contributed by atoms with van der Waals surface area (Å²) in [7, 11) is 3.57. The number of hydrogen-bond donors (Lipinski definition) is 1. The number of hydrogen-bond acceptors (Lipinski definition) is 3. The van der Waals surface area contributed by atoms with E-state index in [1.54, 1.807) is 46.9 Å². The summed E-state index contributed by atoms with van der Waals surface area (Å²) < 4.78 is 1.62. The van der Waals surface area contributed by atoms with Crippen LogP contribution in [-0.4, -0.2) is 52.2 Å². The van der Waals surface area contributed by atoms with Crippen molar-refractivity contribution in [2.24, 2.45) is 0 Å². The monoisotopic (exact) mass is 323 g/mol. The summed E-state index contributed by atoms with van der Waals surface area (Å²) in [5, 5.41) is 13.6. The van der Waals surface area contributed by atoms with Crippen LogP contribution in [0.25, 0.3) is 10.9 Å². The van der Waals surface area contributed by atoms with Crippen molar-refractivity contribution in [2.75, 3.05) is 20.6 Å². The SMILES string of the molecule is CCN(C(=O)Cn1cc(C(=O)O)c2ccc(Cl)cc21)N(C)C. The van der Waals surface area contributed by atoms with Gasteiger partial charge in [0.25, 0.3) is 5.91 Å². The van der Waals surface area contributed by atoms with Gasteiger partial charge in [0.05, 0.1) is 11.1 Å². The smallest absolute Gasteiger partial charge is 0.337 e. The lowest BCUT2D eigenvalue weighted by molar-refractivity contribution is -0.144. The highest BCUT2D eigenvalue weighted by atomic mass is 35.5. The Morgan fingerprint density at radius 1 is 1.32 bits per heavy atom. The van der Waals surface area contributed by atoms with Gasteiger partial charge in [-0.25, -0.2) is 9.80 Å². The molecule has 0 saturated heterocycles. The van der Waals surface area contributed by atoms with E-state index in [0.29, 0.717) is 22.5 Å². The van der Waals surface area contributed by atoms with Crippen LogP contribution in [0.15, 0.2) is 24.4 Å². The second-order valence-corrected chi connectivity index (χ2v) is 5.53. The van der Waals surface area contributed by atoms with Crippen molar-refractivity contribution in [3.63, 3.8) is 0 Å². The summed E-state index contributed by atoms with van der Waals surface area (Å²) in [5.74, 6) is -1.15. The molecule has 1 heterocycles. The van der Waals surface area contributed by atoms with Crippen molar-refractivity contribution in [1.82, 2.24) is 14.6 Å². The predicted octanol–water partition coefficient (Wildman–Crippen LogP) is 2.32. The molecule has 0 radical (unpaired) electrons. The Bertz CT molecular complexity index is 724. The van der Waals surface area contributed by atoms with Gasteiger partial charge in [-0.3, -0.25) is 9.80 Å². The highest BCUT2D eigenvalue weighted by Crippen LogP contribution is 2.25. The van der Waals surface area contributed by atoms with Crippen molar-refractivity contribution in [2.45, 2.75) is 13.5 Å². The van der Waals surface area contributed by atoms with Crippen molar-refractivity contribution in [3.8, 4) is 0 Å². The van der Waals surface area contributed by atoms with E-state index in [1.165, 1.54) is 6.20 Å². The van der Waals surface area contributed by atoms with Gasteiger partial charge in [0.2, 0.25) is 0 Å². The lowest BCUT2D eigenvalue weighted by Crippen LogP contribution is -2.43. The molecule has 1 aromatic heterocycles. The average molecular weight is 324 g/mol. The molecular formula is C15H18ClN3O3. The zero-order chi connectivity index (χ0) is 16.4. The molecule has 0 aliphatic heterocycles. The van der Waals surface area contributed by atoms with Crippen LogP contribution in [0.5, 0.6) is 0 Å². The number of aromatic nitrogens is 1. The quantitative estimate of drug-likeness (QED) is 0.858. The number of carboxylic acids is 1. The number of amides is 1. The molecule has 1 amide bonds. The van der Waals surface area contributed by atoms with Crippen molar-refractivity contribution >= 4 is 34.4 Å². The maximum atomic E-state index is 12.4. The number of fused-ring (bicyclic) bond motifs is 1. The maximum Gasteiger partial charge on any atom is 0.337 e. The number of likely N-dealkylation sites (N-methyl/N-ethyl adjacent to an activating group) is 1. The highest BCUT2D eigenvalue weighted by molar-refractivity contribution is 6.31. The van der Waals surface area contributed by atoms with E-state index < -0.39 is 5.97 Å². The summed E-state index contributed by atoms with van der Waals surface area (Å²) in [6, 6.07) is 4.97. The van der Waals surface area contributed by atoms with E-state index in [-0.39, 0.29) is 18.0 Å². The minimum atomic E-state index is -1.03. The van der Waals surface area contributed by atoms with Crippen LogP contribution in [0.3, 0.4) is 0 Å². The number of nitrogens with zero attached hydrogens (tertiary/aromatic N) is 3. The fraction of sp³-hybridized carbons (Fsp3) is 0.333. The molecule has 0 fully saturated rings. The standard InChI is InChI=1S/C15H18ClN3O3/c1-4-19(17(2)3)14(20)9-18-8-12(15(21)22)11-6-5-10(16)7-13(11)18/h5-8H,4,9H2,1-3H3,(H,21,22). The van der Waals surface area contributed by atoms with E-state index in [9.17, 15) is 14.7 Å². The largest absolute Gasteiger partial charge is 0.478 e. The molecule has 118 valence electrons. The van der Waals surface area contributed by atoms with Gasteiger partial charge in [0.15, 0.2) is 0 Å². The van der Waals surface area contributed by atoms with E-state index in [1.807, 2.05) is 6.92 Å². The molecule has 1 aromatic carbocycles. The first kappa shape index (κ1) is 16.3. The zero-order valence-electron chi connectivity index (χ0n) is 12.7. The van der Waals surface area contributed by atoms with E-state index in [4.69, 9.17) is 11.6 Å². The Morgan fingerprint density at radius 3 is 2.55 bits per heavy atom. The molecule has 0 atom stereocenters. The van der Waals surface area contributed by atoms with Gasteiger partial charge in [0.1, 0.15) is 6.54 Å². The summed E-state index contributed by atoms with van der Waals surface area (Å²) in [4.78, 5) is 23.7. The molecule has 7 heteroatoms. The molecule has 22 heavy (non-hydrogen) atoms. The minimum absolute atomic E-state index is 0.0517. The number of rotatable bonds is 5. The molecule has 0 saturated carbocycles. The predicted molar refractivity (Wildman–Crippen MR) is 85.0 cm³/mol. The molecule has 0 aliphatic rings. The third-order valence-electron chi connectivity index (χ3n) is 3.45. The molecule has 0 bridgehead atoms. The molecule has 2 rings (SSSR count). The van der Waals surface area contributed by atoms with Gasteiger partial charge in [-0.15, -0.1) is 0 Å². The fourth-order valence-corrected chi connectivity index (χ4v) is 2.64. The van der Waals surface area contributed by atoms with Gasteiger partial charge in [-0.05, 0) is 19.1 Å². The molecule has 6 nitrogen and oxygen atoms in total. The Hall–Kier alpha value is -2.05. The average Bonchev–Trinajstić information content (AvgIpc) is 2.77. The molecule has 0 aliphatic carbocycles. The Morgan fingerprint density at radius 2 is 2.00 bits per heavy atom. The van der Waals surface area contributed by atoms with Gasteiger partial charge in [-0.2, -0.15) is 0 Å². The number of halogens is 1. The summed E-state index contributed by atoms with van der Waals surface area (Å²) in [6.07, 6.45) is 1.48. The van der Waals surface area contributed by atoms with Gasteiger partial charge < -0.3 is 9.67 Å². The maximum absolute atomic E-state index is 12.4. The van der Waals surface area contributed by atoms with Crippen molar-refractivity contribution in [1.29, 1.82) is 0 Å². The zero-order valence-corrected chi connectivity index (χ0v) is 13.5. The van der Waals surface area contributed by atoms with Gasteiger partial charge >= 0.3 is 5.97 Å². The normalized spacial score (nSPS) is 11.1. The summed E-state index contributed by atoms with van der Waals surface area (Å²) in [5.41, 5.74) is 0.792. The van der Waals surface area contributed by atoms with Crippen LogP contribution < -0.4 is 0 Å². The number of carbonyl (C=O) groups excluding carboxylic acids is 1. The molecular weight excluding hydrogens is 306 g/mol. The number of carboxylic acid groups (broad SMARTS) is 1. The van der Waals surface area contributed by atoms with Crippen LogP contribution in [0.1, 0.15) is 17.3 Å². The molecule has 1 N–H and O–H groups in total.